The van der Waals surface area contributed by atoms with E-state index in [0.717, 1.165) is 0 Å². The van der Waals surface area contributed by atoms with Gasteiger partial charge in [0.1, 0.15) is 0 Å². The predicted octanol–water partition coefficient (Wildman–Crippen LogP) is 4.81. The van der Waals surface area contributed by atoms with Crippen molar-refractivity contribution in [3.05, 3.63) is 18.0 Å². The van der Waals surface area contributed by atoms with Crippen LogP contribution in [0.4, 0.5) is 0 Å². The van der Waals surface area contributed by atoms with Gasteiger partial charge in [-0.3, -0.25) is 0 Å². The van der Waals surface area contributed by atoms with Crippen LogP contribution in [0.15, 0.2) is 18.0 Å². The Balaban J connectivity index is 4.59. The molecule has 0 saturated carbocycles. The molecule has 0 aliphatic carbocycles. The topological polar surface area (TPSA) is 18.5 Å². The number of hydrogen-bond donors (Lipinski definition) is 0. The molecule has 0 aromatic heterocycles. The highest BCUT2D eigenvalue weighted by Crippen LogP contribution is 2.24. The van der Waals surface area contributed by atoms with Crippen molar-refractivity contribution < 1.29 is 8.23 Å². The van der Waals surface area contributed by atoms with Crippen LogP contribution < -0.4 is 0 Å². The van der Waals surface area contributed by atoms with E-state index in [1.54, 1.807) is 0 Å². The van der Waals surface area contributed by atoms with E-state index in [1.165, 1.54) is 18.9 Å². The maximum Gasteiger partial charge on any atom is 0.311 e. The van der Waals surface area contributed by atoms with Crippen LogP contribution in [0.1, 0.15) is 19.8 Å². The molecule has 5 heteroatoms. The molecule has 0 heterocycles. The summed E-state index contributed by atoms with van der Waals surface area (Å²) in [4.78, 5) is 0. The monoisotopic (exact) mass is 302 g/mol. The van der Waals surface area contributed by atoms with Crippen LogP contribution >= 0.6 is 0 Å². The first-order chi connectivity index (χ1) is 8.04. The third kappa shape index (κ3) is 8.24. The quantitative estimate of drug-likeness (QED) is 0.473. The minimum Gasteiger partial charge on any atom is -0.437 e. The standard InChI is InChI=1S/C13H30O2Si3/c1-9-11-13-17(5,6)15-18(7,8)14-16(3,4)12-10-2/h12H,2,9,11,13H2,1,3-8H3. The third-order valence-corrected chi connectivity index (χ3v) is 13.3. The van der Waals surface area contributed by atoms with Gasteiger partial charge in [-0.1, -0.05) is 26.3 Å². The molecule has 0 aromatic rings. The first-order valence-corrected chi connectivity index (χ1v) is 15.7. The average molecular weight is 303 g/mol. The van der Waals surface area contributed by atoms with E-state index in [1.807, 2.05) is 5.70 Å². The predicted molar refractivity (Wildman–Crippen MR) is 88.0 cm³/mol. The zero-order valence-electron chi connectivity index (χ0n) is 13.2. The fraction of sp³-hybridized carbons (Fsp3) is 0.769. The Morgan fingerprint density at radius 1 is 1.06 bits per heavy atom. The van der Waals surface area contributed by atoms with Crippen molar-refractivity contribution in [2.45, 2.75) is 65.1 Å². The second-order valence-corrected chi connectivity index (χ2v) is 18.4. The first kappa shape index (κ1) is 18.1. The Hall–Kier alpha value is 0.0906. The zero-order chi connectivity index (χ0) is 14.4. The van der Waals surface area contributed by atoms with Crippen LogP contribution in [0, 0.1) is 0 Å². The zero-order valence-corrected chi connectivity index (χ0v) is 16.2. The molecule has 0 rings (SSSR count). The Morgan fingerprint density at radius 2 is 1.61 bits per heavy atom. The second kappa shape index (κ2) is 7.03. The van der Waals surface area contributed by atoms with Gasteiger partial charge in [-0.2, -0.15) is 0 Å². The van der Waals surface area contributed by atoms with Crippen molar-refractivity contribution in [3.63, 3.8) is 0 Å². The fourth-order valence-electron chi connectivity index (χ4n) is 2.25. The highest BCUT2D eigenvalue weighted by molar-refractivity contribution is 6.89. The third-order valence-electron chi connectivity index (χ3n) is 2.61. The van der Waals surface area contributed by atoms with Crippen molar-refractivity contribution in [2.24, 2.45) is 0 Å². The SMILES string of the molecule is C=C=C[Si](C)(C)O[Si](C)(C)O[Si](C)(C)CCCC. The smallest absolute Gasteiger partial charge is 0.311 e. The molecule has 0 fully saturated rings. The van der Waals surface area contributed by atoms with Crippen LogP contribution in [0.3, 0.4) is 0 Å². The number of unbranched alkanes of at least 4 members (excludes halogenated alkanes) is 1. The summed E-state index contributed by atoms with van der Waals surface area (Å²) in [5, 5.41) is 0. The summed E-state index contributed by atoms with van der Waals surface area (Å²) >= 11 is 0. The maximum atomic E-state index is 6.43. The highest BCUT2D eigenvalue weighted by Gasteiger charge is 2.38. The average Bonchev–Trinajstić information content (AvgIpc) is 2.10. The van der Waals surface area contributed by atoms with Crippen LogP contribution in [0.2, 0.25) is 45.3 Å². The lowest BCUT2D eigenvalue weighted by molar-refractivity contribution is 0.393. The Morgan fingerprint density at radius 3 is 2.06 bits per heavy atom. The molecule has 18 heavy (non-hydrogen) atoms. The van der Waals surface area contributed by atoms with Gasteiger partial charge in [-0.15, -0.1) is 5.73 Å². The van der Waals surface area contributed by atoms with Crippen LogP contribution in [-0.2, 0) is 8.23 Å². The van der Waals surface area contributed by atoms with Crippen LogP contribution in [0.5, 0.6) is 0 Å². The molecule has 0 unspecified atom stereocenters. The molecule has 0 N–H and O–H groups in total. The van der Waals surface area contributed by atoms with Crippen molar-refractivity contribution >= 4 is 25.2 Å². The largest absolute Gasteiger partial charge is 0.437 e. The summed E-state index contributed by atoms with van der Waals surface area (Å²) in [7, 11) is -5.42. The summed E-state index contributed by atoms with van der Waals surface area (Å²) in [6.45, 7) is 19.2. The number of hydrogen-bond acceptors (Lipinski definition) is 2. The van der Waals surface area contributed by atoms with Crippen molar-refractivity contribution in [1.82, 2.24) is 0 Å². The molecule has 0 spiro atoms. The lowest BCUT2D eigenvalue weighted by atomic mass is 10.4. The maximum absolute atomic E-state index is 6.43. The van der Waals surface area contributed by atoms with Crippen molar-refractivity contribution in [3.8, 4) is 0 Å². The number of rotatable bonds is 8. The molecule has 0 aliphatic heterocycles. The van der Waals surface area contributed by atoms with Gasteiger partial charge in [0.15, 0.2) is 8.32 Å². The second-order valence-electron chi connectivity index (χ2n) is 6.42. The van der Waals surface area contributed by atoms with E-state index in [0.29, 0.717) is 0 Å². The van der Waals surface area contributed by atoms with E-state index < -0.39 is 25.2 Å². The van der Waals surface area contributed by atoms with Gasteiger partial charge in [0, 0.05) is 0 Å². The molecule has 0 aromatic carbocycles. The normalized spacial score (nSPS) is 13.3. The fourth-order valence-corrected chi connectivity index (χ4v) is 15.5. The molecule has 106 valence electrons. The molecular formula is C13H30O2Si3. The molecule has 2 nitrogen and oxygen atoms in total. The van der Waals surface area contributed by atoms with Gasteiger partial charge < -0.3 is 8.23 Å². The minimum atomic E-state index is -2.04. The van der Waals surface area contributed by atoms with E-state index in [9.17, 15) is 0 Å². The van der Waals surface area contributed by atoms with Gasteiger partial charge in [-0.05, 0) is 51.0 Å². The van der Waals surface area contributed by atoms with Crippen LogP contribution in [-0.4, -0.2) is 25.2 Å². The Bertz CT molecular complexity index is 305. The van der Waals surface area contributed by atoms with E-state index in [2.05, 4.69) is 58.5 Å². The molecule has 0 aliphatic rings. The lowest BCUT2D eigenvalue weighted by Crippen LogP contribution is -2.51. The summed E-state index contributed by atoms with van der Waals surface area (Å²) in [5.41, 5.74) is 4.87. The highest BCUT2D eigenvalue weighted by atomic mass is 28.5. The van der Waals surface area contributed by atoms with Crippen molar-refractivity contribution in [2.75, 3.05) is 0 Å². The molecule has 0 atom stereocenters. The molecule has 0 saturated heterocycles. The summed E-state index contributed by atoms with van der Waals surface area (Å²) in [5.74, 6) is 0. The molecule has 0 amide bonds. The van der Waals surface area contributed by atoms with Gasteiger partial charge in [0.2, 0.25) is 8.32 Å². The molecule has 0 radical (unpaired) electrons. The Labute approximate surface area is 117 Å². The first-order valence-electron chi connectivity index (χ1n) is 6.81. The molecule has 0 bridgehead atoms. The van der Waals surface area contributed by atoms with Gasteiger partial charge in [0.25, 0.3) is 0 Å². The lowest BCUT2D eigenvalue weighted by Gasteiger charge is -2.37. The van der Waals surface area contributed by atoms with Gasteiger partial charge in [0.05, 0.1) is 0 Å². The minimum absolute atomic E-state index is 1.22. The van der Waals surface area contributed by atoms with Crippen molar-refractivity contribution in [1.29, 1.82) is 0 Å². The van der Waals surface area contributed by atoms with E-state index in [-0.39, 0.29) is 0 Å². The van der Waals surface area contributed by atoms with Crippen LogP contribution in [0.25, 0.3) is 0 Å². The summed E-state index contributed by atoms with van der Waals surface area (Å²) in [6.07, 6.45) is 2.50. The molecular weight excluding hydrogens is 272 g/mol. The summed E-state index contributed by atoms with van der Waals surface area (Å²) < 4.78 is 12.7. The van der Waals surface area contributed by atoms with Gasteiger partial charge in [-0.25, -0.2) is 0 Å². The van der Waals surface area contributed by atoms with Gasteiger partial charge >= 0.3 is 8.56 Å². The summed E-state index contributed by atoms with van der Waals surface area (Å²) in [6, 6.07) is 1.22. The van der Waals surface area contributed by atoms with E-state index >= 15 is 0 Å². The van der Waals surface area contributed by atoms with E-state index in [4.69, 9.17) is 8.23 Å². The Kier molecular flexibility index (Phi) is 7.06.